The molecule has 2 unspecified atom stereocenters. The SMILES string of the molecule is CCOC(=O)c1ccc(NC(=O)Cn2c3c(sc2=O)[C@H](c2ccc(F)cc2)C2C(=O)N(c4ccccc4)C(=O)C2S3)cc1. The van der Waals surface area contributed by atoms with Gasteiger partial charge >= 0.3 is 10.8 Å². The van der Waals surface area contributed by atoms with Gasteiger partial charge in [-0.05, 0) is 61.0 Å². The average Bonchev–Trinajstić information content (AvgIpc) is 3.44. The Morgan fingerprint density at radius 3 is 2.30 bits per heavy atom. The van der Waals surface area contributed by atoms with E-state index in [2.05, 4.69) is 5.32 Å². The molecule has 0 spiro atoms. The molecule has 0 radical (unpaired) electrons. The predicted octanol–water partition coefficient (Wildman–Crippen LogP) is 4.66. The number of imide groups is 1. The van der Waals surface area contributed by atoms with Gasteiger partial charge in [-0.25, -0.2) is 14.1 Å². The summed E-state index contributed by atoms with van der Waals surface area (Å²) in [5.74, 6) is -3.76. The quantitative estimate of drug-likeness (QED) is 0.237. The van der Waals surface area contributed by atoms with Gasteiger partial charge in [0, 0.05) is 16.5 Å². The van der Waals surface area contributed by atoms with Gasteiger partial charge in [0.05, 0.1) is 28.8 Å². The molecule has 1 saturated heterocycles. The van der Waals surface area contributed by atoms with Crippen molar-refractivity contribution in [3.8, 4) is 0 Å². The van der Waals surface area contributed by atoms with Crippen molar-refractivity contribution in [2.45, 2.75) is 29.7 Å². The lowest BCUT2D eigenvalue weighted by molar-refractivity contribution is -0.122. The summed E-state index contributed by atoms with van der Waals surface area (Å²) in [5.41, 5.74) is 1.79. The van der Waals surface area contributed by atoms with Crippen molar-refractivity contribution in [2.24, 2.45) is 5.92 Å². The molecule has 1 N–H and O–H groups in total. The minimum Gasteiger partial charge on any atom is -0.462 e. The van der Waals surface area contributed by atoms with Gasteiger partial charge in [0.2, 0.25) is 17.7 Å². The van der Waals surface area contributed by atoms with Crippen LogP contribution < -0.4 is 15.1 Å². The first-order valence-corrected chi connectivity index (χ1v) is 15.1. The Kier molecular flexibility index (Phi) is 7.72. The van der Waals surface area contributed by atoms with E-state index in [1.165, 1.54) is 33.7 Å². The number of para-hydroxylation sites is 1. The first-order chi connectivity index (χ1) is 20.8. The van der Waals surface area contributed by atoms with Crippen molar-refractivity contribution >= 4 is 58.2 Å². The van der Waals surface area contributed by atoms with E-state index in [1.54, 1.807) is 61.5 Å². The molecule has 2 aliphatic rings. The number of thiazole rings is 1. The molecule has 0 saturated carbocycles. The second kappa shape index (κ2) is 11.6. The standard InChI is InChI=1S/C31H24FN3O6S2/c1-2-41-30(39)18-10-14-20(15-11-18)33-22(36)16-34-29-26(43-31(34)40)23(17-8-12-19(32)13-9-17)24-25(42-29)28(38)35(27(24)37)21-6-4-3-5-7-21/h3-15,23-25H,2,16H2,1H3,(H,33,36)/t23-,24?,25?/m1/s1. The van der Waals surface area contributed by atoms with Crippen LogP contribution in [0.1, 0.15) is 33.6 Å². The summed E-state index contributed by atoms with van der Waals surface area (Å²) < 4.78 is 20.2. The van der Waals surface area contributed by atoms with E-state index >= 15 is 0 Å². The fourth-order valence-corrected chi connectivity index (χ4v) is 8.14. The summed E-state index contributed by atoms with van der Waals surface area (Å²) in [4.78, 5) is 67.1. The number of benzene rings is 3. The number of nitrogens with zero attached hydrogens (tertiary/aromatic N) is 2. The highest BCUT2D eigenvalue weighted by Crippen LogP contribution is 2.53. The van der Waals surface area contributed by atoms with Crippen molar-refractivity contribution in [2.75, 3.05) is 16.8 Å². The van der Waals surface area contributed by atoms with Crippen LogP contribution in [0.4, 0.5) is 15.8 Å². The third-order valence-corrected chi connectivity index (χ3v) is 9.88. The first-order valence-electron chi connectivity index (χ1n) is 13.4. The summed E-state index contributed by atoms with van der Waals surface area (Å²) in [7, 11) is 0. The third kappa shape index (κ3) is 5.28. The number of nitrogens with one attached hydrogen (secondary N) is 1. The second-order valence-electron chi connectivity index (χ2n) is 9.91. The van der Waals surface area contributed by atoms with Crippen LogP contribution in [0.5, 0.6) is 0 Å². The summed E-state index contributed by atoms with van der Waals surface area (Å²) in [6, 6.07) is 20.5. The minimum atomic E-state index is -0.853. The monoisotopic (exact) mass is 617 g/mol. The fourth-order valence-electron chi connectivity index (χ4n) is 5.36. The zero-order chi connectivity index (χ0) is 30.2. The van der Waals surface area contributed by atoms with Gasteiger partial charge in [0.1, 0.15) is 17.6 Å². The van der Waals surface area contributed by atoms with Crippen LogP contribution >= 0.6 is 23.1 Å². The van der Waals surface area contributed by atoms with Crippen molar-refractivity contribution in [1.29, 1.82) is 0 Å². The van der Waals surface area contributed by atoms with E-state index in [0.29, 0.717) is 32.4 Å². The molecular formula is C31H24FN3O6S2. The van der Waals surface area contributed by atoms with Gasteiger partial charge in [-0.1, -0.05) is 53.4 Å². The van der Waals surface area contributed by atoms with Crippen LogP contribution in [0.25, 0.3) is 0 Å². The smallest absolute Gasteiger partial charge is 0.338 e. The summed E-state index contributed by atoms with van der Waals surface area (Å²) in [6.45, 7) is 1.61. The minimum absolute atomic E-state index is 0.239. The molecule has 4 aromatic rings. The van der Waals surface area contributed by atoms with Gasteiger partial charge in [0.15, 0.2) is 0 Å². The number of carbonyl (C=O) groups is 4. The normalized spacial score (nSPS) is 19.1. The molecule has 3 amide bonds. The van der Waals surface area contributed by atoms with Crippen LogP contribution in [0, 0.1) is 11.7 Å². The molecule has 3 atom stereocenters. The fraction of sp³-hybridized carbons (Fsp3) is 0.194. The van der Waals surface area contributed by atoms with E-state index in [9.17, 15) is 28.4 Å². The summed E-state index contributed by atoms with van der Waals surface area (Å²) >= 11 is 2.01. The highest BCUT2D eigenvalue weighted by molar-refractivity contribution is 8.00. The van der Waals surface area contributed by atoms with Gasteiger partial charge in [-0.15, -0.1) is 0 Å². The van der Waals surface area contributed by atoms with Crippen LogP contribution in [-0.4, -0.2) is 40.1 Å². The number of carbonyl (C=O) groups excluding carboxylic acids is 4. The molecule has 9 nitrogen and oxygen atoms in total. The van der Waals surface area contributed by atoms with Gasteiger partial charge in [0.25, 0.3) is 0 Å². The second-order valence-corrected chi connectivity index (χ2v) is 12.0. The maximum atomic E-state index is 13.9. The van der Waals surface area contributed by atoms with Crippen LogP contribution in [0.2, 0.25) is 0 Å². The molecule has 3 aromatic carbocycles. The summed E-state index contributed by atoms with van der Waals surface area (Å²) in [5, 5.41) is 2.30. The van der Waals surface area contributed by atoms with E-state index in [-0.39, 0.29) is 13.2 Å². The van der Waals surface area contributed by atoms with Crippen LogP contribution in [0.15, 0.2) is 88.7 Å². The van der Waals surface area contributed by atoms with Gasteiger partial charge < -0.3 is 10.1 Å². The third-order valence-electron chi connectivity index (χ3n) is 7.27. The number of hydrogen-bond acceptors (Lipinski definition) is 8. The summed E-state index contributed by atoms with van der Waals surface area (Å²) in [6.07, 6.45) is 0. The largest absolute Gasteiger partial charge is 0.462 e. The number of ether oxygens (including phenoxy) is 1. The molecule has 6 rings (SSSR count). The van der Waals surface area contributed by atoms with Crippen LogP contribution in [-0.2, 0) is 25.7 Å². The van der Waals surface area contributed by atoms with Crippen molar-refractivity contribution in [3.05, 3.63) is 110 Å². The van der Waals surface area contributed by atoms with Crippen molar-refractivity contribution < 1.29 is 28.3 Å². The van der Waals surface area contributed by atoms with Crippen LogP contribution in [0.3, 0.4) is 0 Å². The topological polar surface area (TPSA) is 115 Å². The van der Waals surface area contributed by atoms with Crippen molar-refractivity contribution in [3.63, 3.8) is 0 Å². The first kappa shape index (κ1) is 28.6. The molecule has 12 heteroatoms. The lowest BCUT2D eigenvalue weighted by Gasteiger charge is -2.30. The highest BCUT2D eigenvalue weighted by Gasteiger charge is 2.56. The number of anilines is 2. The van der Waals surface area contributed by atoms with Gasteiger partial charge in [-0.3, -0.25) is 23.7 Å². The zero-order valence-corrected chi connectivity index (χ0v) is 24.3. The maximum absolute atomic E-state index is 13.9. The molecule has 1 aromatic heterocycles. The molecule has 0 aliphatic carbocycles. The Hall–Kier alpha value is -4.55. The van der Waals surface area contributed by atoms with Gasteiger partial charge in [-0.2, -0.15) is 0 Å². The molecule has 43 heavy (non-hydrogen) atoms. The molecular weight excluding hydrogens is 593 g/mol. The molecule has 1 fully saturated rings. The molecule has 2 aliphatic heterocycles. The number of fused-ring (bicyclic) bond motifs is 2. The number of amides is 3. The predicted molar refractivity (Wildman–Crippen MR) is 160 cm³/mol. The Morgan fingerprint density at radius 2 is 1.63 bits per heavy atom. The van der Waals surface area contributed by atoms with E-state index < -0.39 is 51.5 Å². The Labute approximate surface area is 253 Å². The maximum Gasteiger partial charge on any atom is 0.338 e. The van der Waals surface area contributed by atoms with E-state index in [1.807, 2.05) is 0 Å². The number of rotatable bonds is 7. The van der Waals surface area contributed by atoms with Crippen molar-refractivity contribution in [1.82, 2.24) is 4.57 Å². The number of hydrogen-bond donors (Lipinski definition) is 1. The zero-order valence-electron chi connectivity index (χ0n) is 22.7. The number of aromatic nitrogens is 1. The number of halogens is 1. The Balaban J connectivity index is 1.33. The molecule has 3 heterocycles. The average molecular weight is 618 g/mol. The number of thioether (sulfide) groups is 1. The molecule has 0 bridgehead atoms. The van der Waals surface area contributed by atoms with E-state index in [0.717, 1.165) is 23.1 Å². The lowest BCUT2D eigenvalue weighted by atomic mass is 9.83. The highest BCUT2D eigenvalue weighted by atomic mass is 32.2. The Bertz CT molecular complexity index is 1790. The lowest BCUT2D eigenvalue weighted by Crippen LogP contribution is -2.33. The van der Waals surface area contributed by atoms with E-state index in [4.69, 9.17) is 4.74 Å². The molecule has 218 valence electrons. The Morgan fingerprint density at radius 1 is 0.930 bits per heavy atom. The number of esters is 1.